The molecule has 1 N–H and O–H groups in total. The van der Waals surface area contributed by atoms with E-state index >= 15 is 0 Å². The Labute approximate surface area is 146 Å². The van der Waals surface area contributed by atoms with E-state index in [1.54, 1.807) is 0 Å². The molecule has 2 aromatic rings. The average molecular weight is 376 g/mol. The predicted octanol–water partition coefficient (Wildman–Crippen LogP) is 5.20. The van der Waals surface area contributed by atoms with Crippen LogP contribution in [0.1, 0.15) is 31.7 Å². The highest BCUT2D eigenvalue weighted by Crippen LogP contribution is 2.21. The second-order valence-corrected chi connectivity index (χ2v) is 6.23. The summed E-state index contributed by atoms with van der Waals surface area (Å²) in [6, 6.07) is 15.8. The van der Waals surface area contributed by atoms with Crippen LogP contribution in [0.15, 0.2) is 53.0 Å². The summed E-state index contributed by atoms with van der Waals surface area (Å²) in [7, 11) is 0. The fourth-order valence-corrected chi connectivity index (χ4v) is 2.62. The second kappa shape index (κ2) is 9.36. The van der Waals surface area contributed by atoms with Gasteiger partial charge in [0.1, 0.15) is 5.75 Å². The van der Waals surface area contributed by atoms with Gasteiger partial charge in [0.25, 0.3) is 0 Å². The number of aryl methyl sites for hydroxylation is 1. The SMILES string of the molecule is CCCc1ccc(OCCCC(=O)Nc2ccccc2Br)cc1. The molecule has 0 aromatic heterocycles. The van der Waals surface area contributed by atoms with Gasteiger partial charge in [-0.25, -0.2) is 0 Å². The smallest absolute Gasteiger partial charge is 0.224 e. The van der Waals surface area contributed by atoms with Crippen LogP contribution in [-0.4, -0.2) is 12.5 Å². The number of carbonyl (C=O) groups excluding carboxylic acids is 1. The van der Waals surface area contributed by atoms with Crippen LogP contribution in [0, 0.1) is 0 Å². The number of nitrogens with one attached hydrogen (secondary N) is 1. The summed E-state index contributed by atoms with van der Waals surface area (Å²) in [4.78, 5) is 11.9. The molecule has 0 saturated heterocycles. The van der Waals surface area contributed by atoms with Gasteiger partial charge < -0.3 is 10.1 Å². The maximum atomic E-state index is 11.9. The van der Waals surface area contributed by atoms with Crippen molar-refractivity contribution in [2.24, 2.45) is 0 Å². The molecule has 0 spiro atoms. The summed E-state index contributed by atoms with van der Waals surface area (Å²) in [5, 5.41) is 2.89. The van der Waals surface area contributed by atoms with E-state index in [9.17, 15) is 4.79 Å². The zero-order chi connectivity index (χ0) is 16.5. The van der Waals surface area contributed by atoms with Gasteiger partial charge in [-0.15, -0.1) is 0 Å². The Hall–Kier alpha value is -1.81. The minimum Gasteiger partial charge on any atom is -0.494 e. The Kier molecular flexibility index (Phi) is 7.14. The number of ether oxygens (including phenoxy) is 1. The highest BCUT2D eigenvalue weighted by atomic mass is 79.9. The van der Waals surface area contributed by atoms with Crippen molar-refractivity contribution >= 4 is 27.5 Å². The number of hydrogen-bond donors (Lipinski definition) is 1. The van der Waals surface area contributed by atoms with Crippen LogP contribution in [0.25, 0.3) is 0 Å². The summed E-state index contributed by atoms with van der Waals surface area (Å²) < 4.78 is 6.56. The van der Waals surface area contributed by atoms with Gasteiger partial charge in [0.05, 0.1) is 12.3 Å². The predicted molar refractivity (Wildman–Crippen MR) is 97.9 cm³/mol. The zero-order valence-electron chi connectivity index (χ0n) is 13.3. The van der Waals surface area contributed by atoms with Crippen LogP contribution < -0.4 is 10.1 Å². The lowest BCUT2D eigenvalue weighted by molar-refractivity contribution is -0.116. The Morgan fingerprint density at radius 1 is 1.13 bits per heavy atom. The van der Waals surface area contributed by atoms with Crippen molar-refractivity contribution in [3.63, 3.8) is 0 Å². The highest BCUT2D eigenvalue weighted by molar-refractivity contribution is 9.10. The number of halogens is 1. The second-order valence-electron chi connectivity index (χ2n) is 5.37. The van der Waals surface area contributed by atoms with Crippen molar-refractivity contribution in [1.82, 2.24) is 0 Å². The van der Waals surface area contributed by atoms with Gasteiger partial charge >= 0.3 is 0 Å². The molecule has 0 aliphatic carbocycles. The van der Waals surface area contributed by atoms with Crippen LogP contribution in [0.2, 0.25) is 0 Å². The van der Waals surface area contributed by atoms with Crippen molar-refractivity contribution < 1.29 is 9.53 Å². The molecule has 1 amide bonds. The third-order valence-corrected chi connectivity index (χ3v) is 4.12. The Bertz CT molecular complexity index is 626. The number of hydrogen-bond acceptors (Lipinski definition) is 2. The van der Waals surface area contributed by atoms with E-state index in [1.165, 1.54) is 5.56 Å². The first-order valence-electron chi connectivity index (χ1n) is 7.95. The molecule has 0 heterocycles. The summed E-state index contributed by atoms with van der Waals surface area (Å²) in [5.41, 5.74) is 2.12. The number of anilines is 1. The first kappa shape index (κ1) is 17.5. The molecule has 122 valence electrons. The average Bonchev–Trinajstić information content (AvgIpc) is 2.55. The molecule has 0 bridgehead atoms. The highest BCUT2D eigenvalue weighted by Gasteiger charge is 2.05. The molecule has 2 aromatic carbocycles. The number of para-hydroxylation sites is 1. The molecule has 3 nitrogen and oxygen atoms in total. The summed E-state index contributed by atoms with van der Waals surface area (Å²) in [6.07, 6.45) is 3.37. The lowest BCUT2D eigenvalue weighted by Gasteiger charge is -2.08. The van der Waals surface area contributed by atoms with Gasteiger partial charge in [-0.2, -0.15) is 0 Å². The molecule has 0 unspecified atom stereocenters. The maximum Gasteiger partial charge on any atom is 0.224 e. The number of amides is 1. The maximum absolute atomic E-state index is 11.9. The third-order valence-electron chi connectivity index (χ3n) is 3.43. The minimum atomic E-state index is -0.00112. The van der Waals surface area contributed by atoms with E-state index < -0.39 is 0 Å². The van der Waals surface area contributed by atoms with Gasteiger partial charge in [0, 0.05) is 10.9 Å². The quantitative estimate of drug-likeness (QED) is 0.643. The summed E-state index contributed by atoms with van der Waals surface area (Å²) >= 11 is 3.41. The molecule has 23 heavy (non-hydrogen) atoms. The van der Waals surface area contributed by atoms with Gasteiger partial charge in [-0.3, -0.25) is 4.79 Å². The molecular formula is C19H22BrNO2. The first-order chi connectivity index (χ1) is 11.2. The molecule has 0 atom stereocenters. The van der Waals surface area contributed by atoms with E-state index in [-0.39, 0.29) is 5.91 Å². The topological polar surface area (TPSA) is 38.3 Å². The van der Waals surface area contributed by atoms with E-state index in [2.05, 4.69) is 40.3 Å². The van der Waals surface area contributed by atoms with Crippen molar-refractivity contribution in [1.29, 1.82) is 0 Å². The van der Waals surface area contributed by atoms with Gasteiger partial charge in [0.2, 0.25) is 5.91 Å². The molecule has 4 heteroatoms. The minimum absolute atomic E-state index is 0.00112. The molecule has 2 rings (SSSR count). The largest absolute Gasteiger partial charge is 0.494 e. The fraction of sp³-hybridized carbons (Fsp3) is 0.316. The van der Waals surface area contributed by atoms with E-state index in [0.717, 1.165) is 28.8 Å². The molecular weight excluding hydrogens is 354 g/mol. The van der Waals surface area contributed by atoms with Crippen LogP contribution in [0.5, 0.6) is 5.75 Å². The van der Waals surface area contributed by atoms with Crippen molar-refractivity contribution in [3.05, 3.63) is 58.6 Å². The van der Waals surface area contributed by atoms with Gasteiger partial charge in [-0.05, 0) is 58.6 Å². The standard InChI is InChI=1S/C19H22BrNO2/c1-2-6-15-10-12-16(13-11-15)23-14-5-9-19(22)21-18-8-4-3-7-17(18)20/h3-4,7-8,10-13H,2,5-6,9,14H2,1H3,(H,21,22). The van der Waals surface area contributed by atoms with E-state index in [1.807, 2.05) is 36.4 Å². The van der Waals surface area contributed by atoms with Crippen LogP contribution in [0.4, 0.5) is 5.69 Å². The molecule has 0 saturated carbocycles. The molecule has 0 aliphatic heterocycles. The van der Waals surface area contributed by atoms with E-state index in [4.69, 9.17) is 4.74 Å². The molecule has 0 radical (unpaired) electrons. The van der Waals surface area contributed by atoms with Gasteiger partial charge in [0.15, 0.2) is 0 Å². The zero-order valence-corrected chi connectivity index (χ0v) is 14.9. The normalized spacial score (nSPS) is 10.3. The summed E-state index contributed by atoms with van der Waals surface area (Å²) in [5.74, 6) is 0.856. The van der Waals surface area contributed by atoms with E-state index in [0.29, 0.717) is 19.4 Å². The van der Waals surface area contributed by atoms with Crippen LogP contribution in [-0.2, 0) is 11.2 Å². The lowest BCUT2D eigenvalue weighted by atomic mass is 10.1. The Morgan fingerprint density at radius 2 is 1.87 bits per heavy atom. The lowest BCUT2D eigenvalue weighted by Crippen LogP contribution is -2.13. The van der Waals surface area contributed by atoms with Gasteiger partial charge in [-0.1, -0.05) is 37.6 Å². The number of benzene rings is 2. The Morgan fingerprint density at radius 3 is 2.57 bits per heavy atom. The van der Waals surface area contributed by atoms with Crippen molar-refractivity contribution in [2.75, 3.05) is 11.9 Å². The summed E-state index contributed by atoms with van der Waals surface area (Å²) in [6.45, 7) is 2.71. The number of rotatable bonds is 8. The number of carbonyl (C=O) groups is 1. The van der Waals surface area contributed by atoms with Crippen molar-refractivity contribution in [3.8, 4) is 5.75 Å². The monoisotopic (exact) mass is 375 g/mol. The molecule has 0 fully saturated rings. The molecule has 0 aliphatic rings. The van der Waals surface area contributed by atoms with Crippen molar-refractivity contribution in [2.45, 2.75) is 32.6 Å². The third kappa shape index (κ3) is 6.06. The Balaban J connectivity index is 1.68. The fourth-order valence-electron chi connectivity index (χ4n) is 2.24. The first-order valence-corrected chi connectivity index (χ1v) is 8.74. The van der Waals surface area contributed by atoms with Crippen LogP contribution >= 0.6 is 15.9 Å². The van der Waals surface area contributed by atoms with Crippen LogP contribution in [0.3, 0.4) is 0 Å².